The van der Waals surface area contributed by atoms with Crippen LogP contribution in [0.1, 0.15) is 32.3 Å². The average molecular weight is 352 g/mol. The Morgan fingerprint density at radius 1 is 1.32 bits per heavy atom. The lowest BCUT2D eigenvalue weighted by Gasteiger charge is -2.26. The highest BCUT2D eigenvalue weighted by atomic mass is 35.5. The minimum absolute atomic E-state index is 0. The molecule has 1 aromatic rings. The van der Waals surface area contributed by atoms with E-state index in [0.717, 1.165) is 0 Å². The van der Waals surface area contributed by atoms with Gasteiger partial charge in [-0.25, -0.2) is 13.1 Å². The first kappa shape index (κ1) is 20.8. The van der Waals surface area contributed by atoms with E-state index < -0.39 is 20.5 Å². The molecule has 0 amide bonds. The van der Waals surface area contributed by atoms with Crippen molar-refractivity contribution in [1.29, 1.82) is 0 Å². The van der Waals surface area contributed by atoms with E-state index in [4.69, 9.17) is 5.73 Å². The van der Waals surface area contributed by atoms with Gasteiger partial charge in [0.15, 0.2) is 0 Å². The van der Waals surface area contributed by atoms with E-state index in [1.807, 2.05) is 13.8 Å². The van der Waals surface area contributed by atoms with E-state index in [1.54, 1.807) is 0 Å². The zero-order chi connectivity index (χ0) is 16.3. The van der Waals surface area contributed by atoms with Crippen LogP contribution in [-0.2, 0) is 10.0 Å². The summed E-state index contributed by atoms with van der Waals surface area (Å²) in [7, 11) is -3.83. The highest BCUT2D eigenvalue weighted by Gasteiger charge is 2.27. The van der Waals surface area contributed by atoms with Crippen molar-refractivity contribution < 1.29 is 13.3 Å². The number of benzene rings is 1. The Morgan fingerprint density at radius 3 is 2.32 bits per heavy atom. The molecule has 1 aromatic carbocycles. The Morgan fingerprint density at radius 2 is 1.86 bits per heavy atom. The molecule has 126 valence electrons. The zero-order valence-corrected chi connectivity index (χ0v) is 14.5. The first-order chi connectivity index (χ1) is 9.67. The molecule has 0 atom stereocenters. The number of sulfonamides is 1. The second kappa shape index (κ2) is 7.87. The molecule has 0 aliphatic rings. The van der Waals surface area contributed by atoms with Gasteiger partial charge in [-0.05, 0) is 25.8 Å². The third kappa shape index (κ3) is 4.64. The summed E-state index contributed by atoms with van der Waals surface area (Å²) in [5, 5.41) is 10.9. The second-order valence-corrected chi connectivity index (χ2v) is 6.79. The maximum atomic E-state index is 12.3. The molecule has 9 heteroatoms. The molecule has 0 bridgehead atoms. The largest absolute Gasteiger partial charge is 0.324 e. The summed E-state index contributed by atoms with van der Waals surface area (Å²) in [4.78, 5) is 10.2. The molecule has 0 fully saturated rings. The van der Waals surface area contributed by atoms with Crippen molar-refractivity contribution in [2.24, 2.45) is 5.73 Å². The van der Waals surface area contributed by atoms with E-state index in [2.05, 4.69) is 4.72 Å². The molecule has 0 spiro atoms. The summed E-state index contributed by atoms with van der Waals surface area (Å²) in [6.07, 6.45) is 1.25. The number of hydrogen-bond acceptors (Lipinski definition) is 5. The molecule has 0 aliphatic carbocycles. The molecule has 0 radical (unpaired) electrons. The molecular formula is C13H22ClN3O4S. The van der Waals surface area contributed by atoms with Crippen LogP contribution in [0.4, 0.5) is 5.69 Å². The van der Waals surface area contributed by atoms with Gasteiger partial charge < -0.3 is 5.73 Å². The number of halogens is 1. The molecule has 0 unspecified atom stereocenters. The summed E-state index contributed by atoms with van der Waals surface area (Å²) in [5.41, 5.74) is 5.34. The molecule has 0 aromatic heterocycles. The van der Waals surface area contributed by atoms with Crippen LogP contribution in [0.2, 0.25) is 0 Å². The molecule has 0 saturated heterocycles. The fourth-order valence-electron chi connectivity index (χ4n) is 1.91. The van der Waals surface area contributed by atoms with Gasteiger partial charge in [-0.1, -0.05) is 19.9 Å². The summed E-state index contributed by atoms with van der Waals surface area (Å²) in [6.45, 7) is 5.28. The number of nitrogens with two attached hydrogens (primary N) is 1. The number of nitrogens with zero attached hydrogens (tertiary/aromatic N) is 1. The molecule has 22 heavy (non-hydrogen) atoms. The predicted octanol–water partition coefficient (Wildman–Crippen LogP) is 2.12. The topological polar surface area (TPSA) is 115 Å². The lowest BCUT2D eigenvalue weighted by Crippen LogP contribution is -2.49. The minimum atomic E-state index is -3.83. The fourth-order valence-corrected chi connectivity index (χ4v) is 3.31. The van der Waals surface area contributed by atoms with Crippen molar-refractivity contribution in [3.05, 3.63) is 33.9 Å². The van der Waals surface area contributed by atoms with E-state index >= 15 is 0 Å². The van der Waals surface area contributed by atoms with Crippen molar-refractivity contribution in [3.63, 3.8) is 0 Å². The quantitative estimate of drug-likeness (QED) is 0.576. The van der Waals surface area contributed by atoms with Crippen LogP contribution >= 0.6 is 12.4 Å². The number of rotatable bonds is 7. The Kier molecular flexibility index (Phi) is 7.43. The molecule has 0 heterocycles. The second-order valence-electron chi connectivity index (χ2n) is 5.05. The van der Waals surface area contributed by atoms with Crippen molar-refractivity contribution in [2.45, 2.75) is 44.0 Å². The molecule has 0 saturated carbocycles. The zero-order valence-electron chi connectivity index (χ0n) is 12.8. The van der Waals surface area contributed by atoms with Gasteiger partial charge >= 0.3 is 0 Å². The van der Waals surface area contributed by atoms with Crippen LogP contribution in [0.5, 0.6) is 0 Å². The van der Waals surface area contributed by atoms with Crippen molar-refractivity contribution >= 4 is 28.1 Å². The van der Waals surface area contributed by atoms with Crippen LogP contribution in [0.25, 0.3) is 0 Å². The Hall–Kier alpha value is -1.22. The predicted molar refractivity (Wildman–Crippen MR) is 87.8 cm³/mol. The van der Waals surface area contributed by atoms with Crippen LogP contribution < -0.4 is 10.5 Å². The number of nitrogens with one attached hydrogen (secondary N) is 1. The third-order valence-electron chi connectivity index (χ3n) is 3.76. The summed E-state index contributed by atoms with van der Waals surface area (Å²) < 4.78 is 27.1. The number of nitro benzene ring substituents is 1. The Labute approximate surface area is 136 Å². The minimum Gasteiger partial charge on any atom is -0.324 e. The first-order valence-corrected chi connectivity index (χ1v) is 8.17. The van der Waals surface area contributed by atoms with Gasteiger partial charge in [0.2, 0.25) is 10.0 Å². The standard InChI is InChI=1S/C13H21N3O4S.ClH/c1-4-13(14,5-2)9-15-21(19,20)12-8-6-7-11(10(12)3)16(17)18;/h6-8,15H,4-5,9,14H2,1-3H3;1H. The lowest BCUT2D eigenvalue weighted by molar-refractivity contribution is -0.385. The van der Waals surface area contributed by atoms with Gasteiger partial charge in [0, 0.05) is 23.7 Å². The van der Waals surface area contributed by atoms with E-state index in [-0.39, 0.29) is 35.1 Å². The number of nitro groups is 1. The SMILES string of the molecule is CCC(N)(CC)CNS(=O)(=O)c1cccc([N+](=O)[O-])c1C.Cl. The van der Waals surface area contributed by atoms with Crippen molar-refractivity contribution in [1.82, 2.24) is 4.72 Å². The van der Waals surface area contributed by atoms with Gasteiger partial charge in [-0.2, -0.15) is 0 Å². The summed E-state index contributed by atoms with van der Waals surface area (Å²) >= 11 is 0. The van der Waals surface area contributed by atoms with E-state index in [9.17, 15) is 18.5 Å². The van der Waals surface area contributed by atoms with Gasteiger partial charge in [0.05, 0.1) is 9.82 Å². The molecule has 1 rings (SSSR count). The Balaban J connectivity index is 0.00000441. The molecule has 3 N–H and O–H groups in total. The normalized spacial score (nSPS) is 11.8. The van der Waals surface area contributed by atoms with Crippen LogP contribution in [-0.4, -0.2) is 25.4 Å². The maximum absolute atomic E-state index is 12.3. The van der Waals surface area contributed by atoms with E-state index in [1.165, 1.54) is 25.1 Å². The van der Waals surface area contributed by atoms with Crippen molar-refractivity contribution in [3.8, 4) is 0 Å². The van der Waals surface area contributed by atoms with Crippen LogP contribution in [0.15, 0.2) is 23.1 Å². The highest BCUT2D eigenvalue weighted by molar-refractivity contribution is 7.89. The lowest BCUT2D eigenvalue weighted by atomic mass is 9.95. The van der Waals surface area contributed by atoms with E-state index in [0.29, 0.717) is 12.8 Å². The highest BCUT2D eigenvalue weighted by Crippen LogP contribution is 2.24. The van der Waals surface area contributed by atoms with Gasteiger partial charge in [-0.3, -0.25) is 10.1 Å². The molecular weight excluding hydrogens is 330 g/mol. The summed E-state index contributed by atoms with van der Waals surface area (Å²) in [6, 6.07) is 3.98. The van der Waals surface area contributed by atoms with Crippen LogP contribution in [0.3, 0.4) is 0 Å². The van der Waals surface area contributed by atoms with Gasteiger partial charge in [0.1, 0.15) is 0 Å². The molecule has 0 aliphatic heterocycles. The monoisotopic (exact) mass is 351 g/mol. The third-order valence-corrected chi connectivity index (χ3v) is 5.31. The Bertz CT molecular complexity index is 630. The number of hydrogen-bond donors (Lipinski definition) is 2. The average Bonchev–Trinajstić information content (AvgIpc) is 2.44. The molecule has 7 nitrogen and oxygen atoms in total. The van der Waals surface area contributed by atoms with Gasteiger partial charge in [0.25, 0.3) is 5.69 Å². The van der Waals surface area contributed by atoms with Gasteiger partial charge in [-0.15, -0.1) is 12.4 Å². The first-order valence-electron chi connectivity index (χ1n) is 6.69. The summed E-state index contributed by atoms with van der Waals surface area (Å²) in [5.74, 6) is 0. The fraction of sp³-hybridized carbons (Fsp3) is 0.538. The van der Waals surface area contributed by atoms with Crippen LogP contribution in [0, 0.1) is 17.0 Å². The maximum Gasteiger partial charge on any atom is 0.273 e. The van der Waals surface area contributed by atoms with Crippen molar-refractivity contribution in [2.75, 3.05) is 6.54 Å². The smallest absolute Gasteiger partial charge is 0.273 e.